The van der Waals surface area contributed by atoms with Crippen LogP contribution in [0.15, 0.2) is 43.0 Å². The summed E-state index contributed by atoms with van der Waals surface area (Å²) in [5.74, 6) is 0.648. The van der Waals surface area contributed by atoms with Gasteiger partial charge in [0.1, 0.15) is 5.01 Å². The Balaban J connectivity index is 2.21. The van der Waals surface area contributed by atoms with Gasteiger partial charge in [-0.2, -0.15) is 9.64 Å². The third-order valence-electron chi connectivity index (χ3n) is 3.03. The predicted molar refractivity (Wildman–Crippen MR) is 82.3 cm³/mol. The minimum Gasteiger partial charge on any atom is -0.215 e. The lowest BCUT2D eigenvalue weighted by molar-refractivity contribution is 1.30. The van der Waals surface area contributed by atoms with E-state index in [-0.39, 0.29) is 0 Å². The molecular formula is C16H11N3S. The van der Waals surface area contributed by atoms with Crippen LogP contribution in [0.3, 0.4) is 0 Å². The average molecular weight is 277 g/mol. The minimum atomic E-state index is 0.643. The van der Waals surface area contributed by atoms with Crippen LogP contribution >= 0.6 is 11.5 Å². The van der Waals surface area contributed by atoms with E-state index in [0.717, 1.165) is 26.9 Å². The van der Waals surface area contributed by atoms with E-state index in [1.165, 1.54) is 11.5 Å². The van der Waals surface area contributed by atoms with Gasteiger partial charge >= 0.3 is 0 Å². The molecule has 0 saturated carbocycles. The van der Waals surface area contributed by atoms with Crippen molar-refractivity contribution in [1.82, 2.24) is 9.36 Å². The van der Waals surface area contributed by atoms with Crippen LogP contribution in [0.4, 0.5) is 0 Å². The van der Waals surface area contributed by atoms with Crippen molar-refractivity contribution in [1.29, 1.82) is 5.26 Å². The molecule has 3 nitrogen and oxygen atoms in total. The number of rotatable bonds is 2. The summed E-state index contributed by atoms with van der Waals surface area (Å²) in [7, 11) is 0. The molecule has 0 unspecified atom stereocenters. The molecule has 0 aliphatic rings. The maximum absolute atomic E-state index is 9.30. The van der Waals surface area contributed by atoms with E-state index in [4.69, 9.17) is 0 Å². The molecule has 2 aromatic carbocycles. The number of fused-ring (bicyclic) bond motifs is 1. The number of nitriles is 1. The lowest BCUT2D eigenvalue weighted by atomic mass is 10.0. The Hall–Kier alpha value is -2.51. The van der Waals surface area contributed by atoms with Gasteiger partial charge in [0.25, 0.3) is 0 Å². The van der Waals surface area contributed by atoms with Crippen LogP contribution in [0, 0.1) is 11.3 Å². The molecule has 0 N–H and O–H groups in total. The van der Waals surface area contributed by atoms with Crippen molar-refractivity contribution in [2.45, 2.75) is 6.92 Å². The first-order chi connectivity index (χ1) is 9.69. The lowest BCUT2D eigenvalue weighted by Gasteiger charge is -2.03. The largest absolute Gasteiger partial charge is 0.215 e. The number of aromatic nitrogens is 2. The third kappa shape index (κ3) is 2.09. The Labute approximate surface area is 121 Å². The first kappa shape index (κ1) is 12.5. The second-order valence-electron chi connectivity index (χ2n) is 4.56. The Morgan fingerprint density at radius 2 is 2.10 bits per heavy atom. The SMILES string of the molecule is C=C(C)c1nc(-c2cc(C#N)c3ccccc3c2)ns1. The number of allylic oxidation sites excluding steroid dienone is 1. The molecule has 96 valence electrons. The van der Waals surface area contributed by atoms with Gasteiger partial charge in [-0.1, -0.05) is 30.8 Å². The standard InChI is InChI=1S/C16H11N3S/c1-10(2)16-18-15(19-20-16)12-7-11-5-3-4-6-14(11)13(8-12)9-17/h3-8H,1H2,2H3. The van der Waals surface area contributed by atoms with Gasteiger partial charge in [-0.15, -0.1) is 0 Å². The second kappa shape index (κ2) is 4.87. The van der Waals surface area contributed by atoms with Crippen molar-refractivity contribution >= 4 is 27.9 Å². The molecule has 0 spiro atoms. The van der Waals surface area contributed by atoms with Crippen LogP contribution in [0.1, 0.15) is 17.5 Å². The van der Waals surface area contributed by atoms with E-state index < -0.39 is 0 Å². The fraction of sp³-hybridized carbons (Fsp3) is 0.0625. The van der Waals surface area contributed by atoms with Crippen molar-refractivity contribution in [2.75, 3.05) is 0 Å². The summed E-state index contributed by atoms with van der Waals surface area (Å²) in [5, 5.41) is 12.1. The molecule has 0 atom stereocenters. The summed E-state index contributed by atoms with van der Waals surface area (Å²) in [4.78, 5) is 4.46. The predicted octanol–water partition coefficient (Wildman–Crippen LogP) is 4.26. The van der Waals surface area contributed by atoms with Crippen molar-refractivity contribution < 1.29 is 0 Å². The van der Waals surface area contributed by atoms with Crippen molar-refractivity contribution in [3.63, 3.8) is 0 Å². The Bertz CT molecular complexity index is 856. The Morgan fingerprint density at radius 3 is 2.80 bits per heavy atom. The second-order valence-corrected chi connectivity index (χ2v) is 5.31. The van der Waals surface area contributed by atoms with E-state index in [0.29, 0.717) is 11.4 Å². The van der Waals surface area contributed by atoms with Gasteiger partial charge in [-0.3, -0.25) is 0 Å². The molecule has 3 rings (SSSR count). The highest BCUT2D eigenvalue weighted by atomic mass is 32.1. The first-order valence-corrected chi connectivity index (χ1v) is 6.89. The summed E-state index contributed by atoms with van der Waals surface area (Å²) in [6.07, 6.45) is 0. The van der Waals surface area contributed by atoms with Crippen LogP contribution in [0.25, 0.3) is 27.7 Å². The zero-order valence-electron chi connectivity index (χ0n) is 10.9. The number of benzene rings is 2. The van der Waals surface area contributed by atoms with Crippen LogP contribution < -0.4 is 0 Å². The fourth-order valence-electron chi connectivity index (χ4n) is 2.05. The zero-order chi connectivity index (χ0) is 14.1. The van der Waals surface area contributed by atoms with Crippen molar-refractivity contribution in [3.05, 3.63) is 53.5 Å². The summed E-state index contributed by atoms with van der Waals surface area (Å²) in [5.41, 5.74) is 2.41. The van der Waals surface area contributed by atoms with Gasteiger partial charge in [0.15, 0.2) is 5.82 Å². The van der Waals surface area contributed by atoms with Crippen molar-refractivity contribution in [2.24, 2.45) is 0 Å². The number of hydrogen-bond donors (Lipinski definition) is 0. The van der Waals surface area contributed by atoms with E-state index in [1.54, 1.807) is 0 Å². The summed E-state index contributed by atoms with van der Waals surface area (Å²) in [6, 6.07) is 13.9. The maximum atomic E-state index is 9.30. The number of hydrogen-bond acceptors (Lipinski definition) is 4. The van der Waals surface area contributed by atoms with Gasteiger partial charge < -0.3 is 0 Å². The minimum absolute atomic E-state index is 0.643. The molecule has 0 saturated heterocycles. The molecule has 0 aliphatic heterocycles. The molecule has 0 aliphatic carbocycles. The molecule has 1 heterocycles. The van der Waals surface area contributed by atoms with Crippen LogP contribution in [-0.2, 0) is 0 Å². The quantitative estimate of drug-likeness (QED) is 0.703. The van der Waals surface area contributed by atoms with Crippen LogP contribution in [-0.4, -0.2) is 9.36 Å². The van der Waals surface area contributed by atoms with Crippen LogP contribution in [0.2, 0.25) is 0 Å². The monoisotopic (exact) mass is 277 g/mol. The molecule has 4 heteroatoms. The van der Waals surface area contributed by atoms with E-state index in [9.17, 15) is 5.26 Å². The first-order valence-electron chi connectivity index (χ1n) is 6.12. The average Bonchev–Trinajstić information content (AvgIpc) is 2.96. The van der Waals surface area contributed by atoms with Gasteiger partial charge in [-0.05, 0) is 46.9 Å². The Morgan fingerprint density at radius 1 is 1.30 bits per heavy atom. The normalized spacial score (nSPS) is 10.4. The molecule has 20 heavy (non-hydrogen) atoms. The molecule has 0 bridgehead atoms. The van der Waals surface area contributed by atoms with E-state index >= 15 is 0 Å². The molecule has 0 radical (unpaired) electrons. The van der Waals surface area contributed by atoms with E-state index in [2.05, 4.69) is 22.0 Å². The summed E-state index contributed by atoms with van der Waals surface area (Å²) < 4.78 is 4.35. The topological polar surface area (TPSA) is 49.6 Å². The highest BCUT2D eigenvalue weighted by molar-refractivity contribution is 7.06. The molecular weight excluding hydrogens is 266 g/mol. The third-order valence-corrected chi connectivity index (χ3v) is 3.91. The molecule has 0 amide bonds. The highest BCUT2D eigenvalue weighted by Crippen LogP contribution is 2.27. The van der Waals surface area contributed by atoms with Gasteiger partial charge in [-0.25, -0.2) is 4.98 Å². The van der Waals surface area contributed by atoms with E-state index in [1.807, 2.05) is 43.3 Å². The lowest BCUT2D eigenvalue weighted by Crippen LogP contribution is -1.86. The summed E-state index contributed by atoms with van der Waals surface area (Å²) in [6.45, 7) is 5.78. The fourth-order valence-corrected chi connectivity index (χ4v) is 2.65. The smallest absolute Gasteiger partial charge is 0.173 e. The maximum Gasteiger partial charge on any atom is 0.173 e. The van der Waals surface area contributed by atoms with Gasteiger partial charge in [0, 0.05) is 5.56 Å². The molecule has 1 aromatic heterocycles. The number of nitrogens with zero attached hydrogens (tertiary/aromatic N) is 3. The molecule has 0 fully saturated rings. The van der Waals surface area contributed by atoms with Gasteiger partial charge in [0.05, 0.1) is 11.6 Å². The Kier molecular flexibility index (Phi) is 3.05. The summed E-state index contributed by atoms with van der Waals surface area (Å²) >= 11 is 1.33. The van der Waals surface area contributed by atoms with Gasteiger partial charge in [0.2, 0.25) is 0 Å². The van der Waals surface area contributed by atoms with Crippen LogP contribution in [0.5, 0.6) is 0 Å². The zero-order valence-corrected chi connectivity index (χ0v) is 11.7. The highest BCUT2D eigenvalue weighted by Gasteiger charge is 2.10. The van der Waals surface area contributed by atoms with Crippen molar-refractivity contribution in [3.8, 4) is 17.5 Å². The molecule has 3 aromatic rings.